The minimum atomic E-state index is -0.704. The molecule has 0 N–H and O–H groups in total. The smallest absolute Gasteiger partial charge is 0.269 e. The highest BCUT2D eigenvalue weighted by Crippen LogP contribution is 2.31. The van der Waals surface area contributed by atoms with Crippen molar-refractivity contribution < 1.29 is 14.5 Å². The Morgan fingerprint density at radius 2 is 1.83 bits per heavy atom. The highest BCUT2D eigenvalue weighted by Gasteiger charge is 2.33. The lowest BCUT2D eigenvalue weighted by atomic mass is 10.2. The minimum Gasteiger partial charge on any atom is -0.446 e. The van der Waals surface area contributed by atoms with Gasteiger partial charge in [0.15, 0.2) is 0 Å². The molecule has 0 radical (unpaired) electrons. The molecule has 1 aliphatic heterocycles. The number of benzene rings is 2. The Morgan fingerprint density at radius 1 is 1.21 bits per heavy atom. The van der Waals surface area contributed by atoms with Crippen LogP contribution < -0.4 is 0 Å². The van der Waals surface area contributed by atoms with Gasteiger partial charge in [0, 0.05) is 35.2 Å². The van der Waals surface area contributed by atoms with E-state index in [1.165, 1.54) is 36.2 Å². The number of hydrazone groups is 1. The van der Waals surface area contributed by atoms with Gasteiger partial charge in [-0.25, -0.2) is 0 Å². The lowest BCUT2D eigenvalue weighted by molar-refractivity contribution is -0.384. The topological polar surface area (TPSA) is 85.0 Å². The van der Waals surface area contributed by atoms with E-state index in [0.717, 1.165) is 5.56 Å². The van der Waals surface area contributed by atoms with Gasteiger partial charge < -0.3 is 4.74 Å². The maximum Gasteiger partial charge on any atom is 0.269 e. The summed E-state index contributed by atoms with van der Waals surface area (Å²) in [6, 6.07) is 12.7. The van der Waals surface area contributed by atoms with Crippen LogP contribution in [0.4, 0.5) is 5.69 Å². The molecule has 1 heterocycles. The molecule has 0 spiro atoms. The average Bonchev–Trinajstić information content (AvgIpc) is 3.01. The number of non-ortho nitro benzene ring substituents is 1. The minimum absolute atomic E-state index is 0.0324. The predicted molar refractivity (Wildman–Crippen MR) is 87.4 cm³/mol. The summed E-state index contributed by atoms with van der Waals surface area (Å²) < 4.78 is 5.79. The fraction of sp³-hybridized carbons (Fsp3) is 0.125. The van der Waals surface area contributed by atoms with Gasteiger partial charge >= 0.3 is 0 Å². The highest BCUT2D eigenvalue weighted by atomic mass is 35.5. The van der Waals surface area contributed by atoms with Gasteiger partial charge in [0.2, 0.25) is 18.0 Å². The van der Waals surface area contributed by atoms with E-state index in [-0.39, 0.29) is 17.5 Å². The van der Waals surface area contributed by atoms with Crippen LogP contribution in [0.2, 0.25) is 5.02 Å². The molecule has 3 rings (SSSR count). The Kier molecular flexibility index (Phi) is 4.18. The Morgan fingerprint density at radius 3 is 2.38 bits per heavy atom. The molecule has 2 aromatic rings. The summed E-state index contributed by atoms with van der Waals surface area (Å²) in [5.41, 5.74) is 1.23. The number of carbonyl (C=O) groups excluding carboxylic acids is 1. The van der Waals surface area contributed by atoms with Crippen LogP contribution in [0.5, 0.6) is 0 Å². The van der Waals surface area contributed by atoms with Crippen LogP contribution in [0, 0.1) is 10.1 Å². The number of hydrogen-bond acceptors (Lipinski definition) is 5. The number of nitro groups is 1. The highest BCUT2D eigenvalue weighted by molar-refractivity contribution is 6.30. The SMILES string of the molecule is CC(=O)N1N=C(c2ccc([N+](=O)[O-])cc2)O[C@H]1c1ccc(Cl)cc1. The van der Waals surface area contributed by atoms with Gasteiger partial charge in [-0.15, -0.1) is 5.10 Å². The molecule has 0 aromatic heterocycles. The van der Waals surface area contributed by atoms with Crippen LogP contribution in [0.3, 0.4) is 0 Å². The van der Waals surface area contributed by atoms with Crippen molar-refractivity contribution in [1.82, 2.24) is 5.01 Å². The third-order valence-electron chi connectivity index (χ3n) is 3.45. The van der Waals surface area contributed by atoms with Crippen LogP contribution in [0.25, 0.3) is 0 Å². The van der Waals surface area contributed by atoms with Gasteiger partial charge in [0.1, 0.15) is 0 Å². The van der Waals surface area contributed by atoms with Crippen molar-refractivity contribution >= 4 is 29.1 Å². The Balaban J connectivity index is 1.90. The molecule has 0 fully saturated rings. The van der Waals surface area contributed by atoms with Crippen molar-refractivity contribution in [3.63, 3.8) is 0 Å². The van der Waals surface area contributed by atoms with E-state index in [1.54, 1.807) is 24.3 Å². The summed E-state index contributed by atoms with van der Waals surface area (Å²) in [6.45, 7) is 1.38. The zero-order valence-electron chi connectivity index (χ0n) is 12.5. The molecule has 0 saturated heterocycles. The molecular formula is C16H12ClN3O4. The molecule has 122 valence electrons. The first-order valence-corrected chi connectivity index (χ1v) is 7.39. The largest absolute Gasteiger partial charge is 0.446 e. The average molecular weight is 346 g/mol. The summed E-state index contributed by atoms with van der Waals surface area (Å²) >= 11 is 5.88. The summed E-state index contributed by atoms with van der Waals surface area (Å²) in [7, 11) is 0. The Bertz CT molecular complexity index is 818. The molecule has 2 aromatic carbocycles. The van der Waals surface area contributed by atoms with E-state index in [1.807, 2.05) is 0 Å². The van der Waals surface area contributed by atoms with Crippen LogP contribution in [0.15, 0.2) is 53.6 Å². The molecule has 0 aliphatic carbocycles. The van der Waals surface area contributed by atoms with Gasteiger partial charge in [-0.1, -0.05) is 23.7 Å². The molecule has 7 nitrogen and oxygen atoms in total. The van der Waals surface area contributed by atoms with Crippen LogP contribution in [-0.4, -0.2) is 21.7 Å². The second-order valence-corrected chi connectivity index (χ2v) is 5.53. The number of hydrogen-bond donors (Lipinski definition) is 0. The predicted octanol–water partition coefficient (Wildman–Crippen LogP) is 3.49. The normalized spacial score (nSPS) is 16.5. The zero-order chi connectivity index (χ0) is 17.3. The number of ether oxygens (including phenoxy) is 1. The zero-order valence-corrected chi connectivity index (χ0v) is 13.3. The molecule has 1 aliphatic rings. The summed E-state index contributed by atoms with van der Waals surface area (Å²) in [5, 5.41) is 16.7. The third kappa shape index (κ3) is 3.07. The van der Waals surface area contributed by atoms with Gasteiger partial charge in [-0.05, 0) is 24.3 Å². The fourth-order valence-electron chi connectivity index (χ4n) is 2.25. The molecule has 8 heteroatoms. The second-order valence-electron chi connectivity index (χ2n) is 5.09. The number of amides is 1. The fourth-order valence-corrected chi connectivity index (χ4v) is 2.38. The number of nitro benzene ring substituents is 1. The van der Waals surface area contributed by atoms with Crippen LogP contribution >= 0.6 is 11.6 Å². The van der Waals surface area contributed by atoms with Crippen molar-refractivity contribution in [2.75, 3.05) is 0 Å². The van der Waals surface area contributed by atoms with Gasteiger partial charge in [-0.3, -0.25) is 14.9 Å². The number of carbonyl (C=O) groups is 1. The maximum atomic E-state index is 11.8. The van der Waals surface area contributed by atoms with E-state index < -0.39 is 11.2 Å². The third-order valence-corrected chi connectivity index (χ3v) is 3.70. The van der Waals surface area contributed by atoms with Crippen molar-refractivity contribution in [1.29, 1.82) is 0 Å². The van der Waals surface area contributed by atoms with Gasteiger partial charge in [-0.2, -0.15) is 5.01 Å². The molecule has 1 amide bonds. The number of rotatable bonds is 3. The van der Waals surface area contributed by atoms with Crippen molar-refractivity contribution in [3.8, 4) is 0 Å². The summed E-state index contributed by atoms with van der Waals surface area (Å²) in [5.74, 6) is -0.0630. The van der Waals surface area contributed by atoms with E-state index >= 15 is 0 Å². The first kappa shape index (κ1) is 15.9. The molecular weight excluding hydrogens is 334 g/mol. The first-order valence-electron chi connectivity index (χ1n) is 7.01. The summed E-state index contributed by atoms with van der Waals surface area (Å²) in [6.07, 6.45) is -0.704. The van der Waals surface area contributed by atoms with E-state index in [9.17, 15) is 14.9 Å². The van der Waals surface area contributed by atoms with Crippen molar-refractivity contribution in [3.05, 3.63) is 74.8 Å². The number of halogens is 1. The molecule has 0 bridgehead atoms. The quantitative estimate of drug-likeness (QED) is 0.629. The standard InChI is InChI=1S/C16H12ClN3O4/c1-10(21)19-16(12-2-6-13(17)7-3-12)24-15(18-19)11-4-8-14(9-5-11)20(22)23/h2-9,16H,1H3/t16-/m0/s1. The molecule has 0 saturated carbocycles. The lowest BCUT2D eigenvalue weighted by Crippen LogP contribution is -2.25. The monoisotopic (exact) mass is 345 g/mol. The Labute approximate surface area is 142 Å². The van der Waals surface area contributed by atoms with E-state index in [4.69, 9.17) is 16.3 Å². The lowest BCUT2D eigenvalue weighted by Gasteiger charge is -2.19. The van der Waals surface area contributed by atoms with Crippen LogP contribution in [0.1, 0.15) is 24.3 Å². The van der Waals surface area contributed by atoms with Crippen molar-refractivity contribution in [2.45, 2.75) is 13.2 Å². The first-order chi connectivity index (χ1) is 11.5. The second kappa shape index (κ2) is 6.29. The summed E-state index contributed by atoms with van der Waals surface area (Å²) in [4.78, 5) is 22.1. The van der Waals surface area contributed by atoms with E-state index in [2.05, 4.69) is 5.10 Å². The Hall–Kier alpha value is -2.93. The number of nitrogens with zero attached hydrogens (tertiary/aromatic N) is 3. The van der Waals surface area contributed by atoms with Crippen molar-refractivity contribution in [2.24, 2.45) is 5.10 Å². The molecule has 1 atom stereocenters. The van der Waals surface area contributed by atoms with E-state index in [0.29, 0.717) is 10.6 Å². The van der Waals surface area contributed by atoms with Crippen LogP contribution in [-0.2, 0) is 9.53 Å². The van der Waals surface area contributed by atoms with Gasteiger partial charge in [0.05, 0.1) is 4.92 Å². The maximum absolute atomic E-state index is 11.8. The van der Waals surface area contributed by atoms with Gasteiger partial charge in [0.25, 0.3) is 5.69 Å². The molecule has 0 unspecified atom stereocenters. The molecule has 24 heavy (non-hydrogen) atoms.